The first kappa shape index (κ1) is 20.4. The van der Waals surface area contributed by atoms with Gasteiger partial charge in [0.1, 0.15) is 0 Å². The van der Waals surface area contributed by atoms with Crippen LogP contribution in [0.3, 0.4) is 0 Å². The van der Waals surface area contributed by atoms with Crippen LogP contribution in [0.15, 0.2) is 66.9 Å². The third-order valence-electron chi connectivity index (χ3n) is 5.81. The van der Waals surface area contributed by atoms with Crippen LogP contribution in [0, 0.1) is 19.8 Å². The van der Waals surface area contributed by atoms with E-state index in [-0.39, 0.29) is 0 Å². The third kappa shape index (κ3) is 5.36. The van der Waals surface area contributed by atoms with Crippen LogP contribution in [-0.2, 0) is 19.6 Å². The Labute approximate surface area is 170 Å². The van der Waals surface area contributed by atoms with Crippen molar-refractivity contribution in [1.29, 1.82) is 0 Å². The van der Waals surface area contributed by atoms with Crippen molar-refractivity contribution < 1.29 is 0 Å². The standard InChI is InChI=1S/C26H34N2/c1-20(2)23(5)28(18-25-14-10-22(4)11-15-25)19-26-7-6-16-27(26)17-24-12-8-21(3)9-13-24/h6-16,20,23H,17-19H2,1-5H3. The number of nitrogens with zero attached hydrogens (tertiary/aromatic N) is 2. The molecule has 0 spiro atoms. The normalized spacial score (nSPS) is 12.7. The number of hydrogen-bond donors (Lipinski definition) is 0. The van der Waals surface area contributed by atoms with E-state index in [1.807, 2.05) is 0 Å². The lowest BCUT2D eigenvalue weighted by Crippen LogP contribution is -2.36. The molecule has 0 saturated heterocycles. The lowest BCUT2D eigenvalue weighted by atomic mass is 10.0. The highest BCUT2D eigenvalue weighted by Crippen LogP contribution is 2.19. The molecule has 1 heterocycles. The average molecular weight is 375 g/mol. The number of rotatable bonds is 8. The predicted molar refractivity (Wildman–Crippen MR) is 119 cm³/mol. The van der Waals surface area contributed by atoms with Crippen LogP contribution in [0.5, 0.6) is 0 Å². The fourth-order valence-corrected chi connectivity index (χ4v) is 3.54. The van der Waals surface area contributed by atoms with Crippen LogP contribution in [0.4, 0.5) is 0 Å². The van der Waals surface area contributed by atoms with Crippen molar-refractivity contribution in [3.05, 3.63) is 94.8 Å². The summed E-state index contributed by atoms with van der Waals surface area (Å²) in [7, 11) is 0. The van der Waals surface area contributed by atoms with E-state index < -0.39 is 0 Å². The molecule has 3 aromatic rings. The van der Waals surface area contributed by atoms with Crippen molar-refractivity contribution in [2.75, 3.05) is 0 Å². The summed E-state index contributed by atoms with van der Waals surface area (Å²) < 4.78 is 2.39. The Morgan fingerprint density at radius 3 is 1.89 bits per heavy atom. The molecule has 0 aliphatic rings. The van der Waals surface area contributed by atoms with Crippen molar-refractivity contribution in [3.63, 3.8) is 0 Å². The maximum Gasteiger partial charge on any atom is 0.0473 e. The molecule has 148 valence electrons. The van der Waals surface area contributed by atoms with E-state index in [0.29, 0.717) is 12.0 Å². The van der Waals surface area contributed by atoms with Crippen LogP contribution in [0.25, 0.3) is 0 Å². The zero-order valence-corrected chi connectivity index (χ0v) is 18.0. The van der Waals surface area contributed by atoms with Crippen LogP contribution in [0.1, 0.15) is 48.7 Å². The second kappa shape index (κ2) is 9.25. The molecule has 3 rings (SSSR count). The number of aryl methyl sites for hydroxylation is 2. The van der Waals surface area contributed by atoms with Gasteiger partial charge in [-0.15, -0.1) is 0 Å². The van der Waals surface area contributed by atoms with Crippen LogP contribution in [0.2, 0.25) is 0 Å². The van der Waals surface area contributed by atoms with E-state index in [1.54, 1.807) is 0 Å². The second-order valence-corrected chi connectivity index (χ2v) is 8.49. The molecule has 0 N–H and O–H groups in total. The average Bonchev–Trinajstić information content (AvgIpc) is 3.11. The molecule has 1 unspecified atom stereocenters. The number of benzene rings is 2. The highest BCUT2D eigenvalue weighted by atomic mass is 15.2. The van der Waals surface area contributed by atoms with Crippen molar-refractivity contribution in [2.24, 2.45) is 5.92 Å². The first-order valence-electron chi connectivity index (χ1n) is 10.4. The fraction of sp³-hybridized carbons (Fsp3) is 0.385. The fourth-order valence-electron chi connectivity index (χ4n) is 3.54. The van der Waals surface area contributed by atoms with Gasteiger partial charge < -0.3 is 4.57 Å². The van der Waals surface area contributed by atoms with Crippen LogP contribution < -0.4 is 0 Å². The molecule has 28 heavy (non-hydrogen) atoms. The van der Waals surface area contributed by atoms with E-state index in [1.165, 1.54) is 27.9 Å². The van der Waals surface area contributed by atoms with Gasteiger partial charge in [0, 0.05) is 37.6 Å². The van der Waals surface area contributed by atoms with Gasteiger partial charge in [0.05, 0.1) is 0 Å². The van der Waals surface area contributed by atoms with Gasteiger partial charge >= 0.3 is 0 Å². The molecule has 0 aliphatic carbocycles. The summed E-state index contributed by atoms with van der Waals surface area (Å²) >= 11 is 0. The molecule has 0 bridgehead atoms. The molecule has 2 aromatic carbocycles. The van der Waals surface area contributed by atoms with Crippen LogP contribution in [-0.4, -0.2) is 15.5 Å². The van der Waals surface area contributed by atoms with Crippen molar-refractivity contribution in [2.45, 2.75) is 60.3 Å². The Morgan fingerprint density at radius 1 is 0.750 bits per heavy atom. The van der Waals surface area contributed by atoms with Gasteiger partial charge in [-0.25, -0.2) is 0 Å². The predicted octanol–water partition coefficient (Wildman–Crippen LogP) is 6.20. The third-order valence-corrected chi connectivity index (χ3v) is 5.81. The van der Waals surface area contributed by atoms with E-state index in [9.17, 15) is 0 Å². The largest absolute Gasteiger partial charge is 0.346 e. The summed E-state index contributed by atoms with van der Waals surface area (Å²) in [5.41, 5.74) is 6.74. The Bertz CT molecular complexity index is 856. The molecule has 0 radical (unpaired) electrons. The summed E-state index contributed by atoms with van der Waals surface area (Å²) in [6.45, 7) is 14.2. The van der Waals surface area contributed by atoms with Gasteiger partial charge in [-0.2, -0.15) is 0 Å². The topological polar surface area (TPSA) is 8.17 Å². The quantitative estimate of drug-likeness (QED) is 0.456. The lowest BCUT2D eigenvalue weighted by Gasteiger charge is -2.32. The maximum atomic E-state index is 2.61. The molecule has 0 amide bonds. The van der Waals surface area contributed by atoms with Crippen molar-refractivity contribution >= 4 is 0 Å². The zero-order valence-electron chi connectivity index (χ0n) is 18.0. The SMILES string of the molecule is Cc1ccc(CN(Cc2cccn2Cc2ccc(C)cc2)C(C)C(C)C)cc1. The summed E-state index contributed by atoms with van der Waals surface area (Å²) in [5.74, 6) is 0.617. The molecule has 2 nitrogen and oxygen atoms in total. The minimum Gasteiger partial charge on any atom is -0.346 e. The lowest BCUT2D eigenvalue weighted by molar-refractivity contribution is 0.148. The smallest absolute Gasteiger partial charge is 0.0473 e. The number of aromatic nitrogens is 1. The summed E-state index contributed by atoms with van der Waals surface area (Å²) in [6, 6.07) is 22.8. The van der Waals surface area contributed by atoms with Gasteiger partial charge in [0.15, 0.2) is 0 Å². The van der Waals surface area contributed by atoms with Gasteiger partial charge in [-0.3, -0.25) is 4.90 Å². The molecule has 2 heteroatoms. The minimum absolute atomic E-state index is 0.518. The Balaban J connectivity index is 1.78. The molecule has 1 atom stereocenters. The molecule has 0 aliphatic heterocycles. The first-order chi connectivity index (χ1) is 13.4. The van der Waals surface area contributed by atoms with Crippen molar-refractivity contribution in [3.8, 4) is 0 Å². The summed E-state index contributed by atoms with van der Waals surface area (Å²) in [5, 5.41) is 0. The maximum absolute atomic E-state index is 2.61. The Hall–Kier alpha value is -2.32. The number of hydrogen-bond acceptors (Lipinski definition) is 1. The van der Waals surface area contributed by atoms with E-state index in [4.69, 9.17) is 0 Å². The van der Waals surface area contributed by atoms with Gasteiger partial charge in [0.2, 0.25) is 0 Å². The Kier molecular flexibility index (Phi) is 6.74. The van der Waals surface area contributed by atoms with Crippen molar-refractivity contribution in [1.82, 2.24) is 9.47 Å². The van der Waals surface area contributed by atoms with Crippen LogP contribution >= 0.6 is 0 Å². The summed E-state index contributed by atoms with van der Waals surface area (Å²) in [4.78, 5) is 2.61. The molecule has 0 fully saturated rings. The molecular formula is C26H34N2. The zero-order chi connectivity index (χ0) is 20.1. The van der Waals surface area contributed by atoms with E-state index >= 15 is 0 Å². The molecule has 1 aromatic heterocycles. The van der Waals surface area contributed by atoms with E-state index in [2.05, 4.69) is 111 Å². The molecule has 0 saturated carbocycles. The van der Waals surface area contributed by atoms with Gasteiger partial charge in [-0.05, 0) is 49.9 Å². The highest BCUT2D eigenvalue weighted by Gasteiger charge is 2.19. The molecular weight excluding hydrogens is 340 g/mol. The highest BCUT2D eigenvalue weighted by molar-refractivity contribution is 5.23. The minimum atomic E-state index is 0.518. The van der Waals surface area contributed by atoms with Gasteiger partial charge in [0.25, 0.3) is 0 Å². The summed E-state index contributed by atoms with van der Waals surface area (Å²) in [6.07, 6.45) is 2.21. The van der Waals surface area contributed by atoms with E-state index in [0.717, 1.165) is 19.6 Å². The Morgan fingerprint density at radius 2 is 1.32 bits per heavy atom. The first-order valence-corrected chi connectivity index (χ1v) is 10.4. The second-order valence-electron chi connectivity index (χ2n) is 8.49. The monoisotopic (exact) mass is 374 g/mol. The van der Waals surface area contributed by atoms with Gasteiger partial charge in [-0.1, -0.05) is 73.5 Å².